The number of likely N-dealkylation sites (tertiary alicyclic amines) is 1. The van der Waals surface area contributed by atoms with E-state index in [1.807, 2.05) is 0 Å². The van der Waals surface area contributed by atoms with Crippen LogP contribution in [0.4, 0.5) is 5.69 Å². The lowest BCUT2D eigenvalue weighted by Crippen LogP contribution is -2.42. The number of rotatable bonds is 2. The number of carbonyl (C=O) groups excluding carboxylic acids is 1. The molecule has 0 saturated carbocycles. The molecule has 1 fully saturated rings. The largest absolute Gasteiger partial charge is 0.502 e. The summed E-state index contributed by atoms with van der Waals surface area (Å²) in [5.74, 6) is 0.358. The molecule has 2 unspecified atom stereocenters. The molecule has 0 bridgehead atoms. The van der Waals surface area contributed by atoms with Crippen molar-refractivity contribution in [3.8, 4) is 5.75 Å². The van der Waals surface area contributed by atoms with Crippen LogP contribution in [0.3, 0.4) is 0 Å². The molecule has 1 aromatic carbocycles. The van der Waals surface area contributed by atoms with Crippen molar-refractivity contribution in [2.24, 2.45) is 11.8 Å². The molecule has 1 aromatic rings. The molecule has 1 heterocycles. The molecule has 6 heteroatoms. The molecule has 6 nitrogen and oxygen atoms in total. The van der Waals surface area contributed by atoms with E-state index in [1.54, 1.807) is 4.90 Å². The molecule has 0 radical (unpaired) electrons. The fraction of sp³-hybridized carbons (Fsp3) is 0.500. The summed E-state index contributed by atoms with van der Waals surface area (Å²) in [5, 5.41) is 20.2. The first kappa shape index (κ1) is 14.3. The first-order valence-electron chi connectivity index (χ1n) is 6.67. The van der Waals surface area contributed by atoms with Gasteiger partial charge in [0.1, 0.15) is 0 Å². The average molecular weight is 278 g/mol. The zero-order valence-electron chi connectivity index (χ0n) is 11.6. The summed E-state index contributed by atoms with van der Waals surface area (Å²) in [6.07, 6.45) is 0.950. The van der Waals surface area contributed by atoms with Gasteiger partial charge in [-0.2, -0.15) is 0 Å². The lowest BCUT2D eigenvalue weighted by Gasteiger charge is -2.35. The van der Waals surface area contributed by atoms with Crippen LogP contribution in [-0.4, -0.2) is 33.9 Å². The number of nitrogens with zero attached hydrogens (tertiary/aromatic N) is 2. The Morgan fingerprint density at radius 1 is 1.40 bits per heavy atom. The van der Waals surface area contributed by atoms with E-state index in [2.05, 4.69) is 13.8 Å². The number of aromatic hydroxyl groups is 1. The highest BCUT2D eigenvalue weighted by Gasteiger charge is 2.27. The van der Waals surface area contributed by atoms with Gasteiger partial charge in [-0.15, -0.1) is 0 Å². The van der Waals surface area contributed by atoms with E-state index in [1.165, 1.54) is 18.2 Å². The number of nitro groups is 1. The second-order valence-electron chi connectivity index (χ2n) is 5.46. The first-order chi connectivity index (χ1) is 9.40. The number of amides is 1. The van der Waals surface area contributed by atoms with Crippen LogP contribution in [-0.2, 0) is 0 Å². The van der Waals surface area contributed by atoms with Gasteiger partial charge in [-0.25, -0.2) is 0 Å². The van der Waals surface area contributed by atoms with Crippen LogP contribution in [0.15, 0.2) is 18.2 Å². The number of carbonyl (C=O) groups is 1. The number of nitro benzene ring substituents is 1. The maximum Gasteiger partial charge on any atom is 0.310 e. The topological polar surface area (TPSA) is 83.7 Å². The van der Waals surface area contributed by atoms with E-state index >= 15 is 0 Å². The van der Waals surface area contributed by atoms with Crippen LogP contribution in [0.2, 0.25) is 0 Å². The Hall–Kier alpha value is -2.11. The van der Waals surface area contributed by atoms with Crippen LogP contribution in [0.1, 0.15) is 30.6 Å². The average Bonchev–Trinajstić information content (AvgIpc) is 2.40. The van der Waals surface area contributed by atoms with Crippen LogP contribution in [0, 0.1) is 22.0 Å². The maximum absolute atomic E-state index is 12.3. The van der Waals surface area contributed by atoms with Crippen LogP contribution < -0.4 is 0 Å². The summed E-state index contributed by atoms with van der Waals surface area (Å²) in [6.45, 7) is 5.64. The summed E-state index contributed by atoms with van der Waals surface area (Å²) in [5.41, 5.74) is -0.1000. The molecule has 108 valence electrons. The van der Waals surface area contributed by atoms with Crippen molar-refractivity contribution < 1.29 is 14.8 Å². The second kappa shape index (κ2) is 5.48. The van der Waals surface area contributed by atoms with Crippen molar-refractivity contribution in [3.05, 3.63) is 33.9 Å². The number of hydrogen-bond acceptors (Lipinski definition) is 4. The van der Waals surface area contributed by atoms with Gasteiger partial charge in [0.2, 0.25) is 0 Å². The molecule has 1 N–H and O–H groups in total. The van der Waals surface area contributed by atoms with Crippen LogP contribution in [0.5, 0.6) is 5.75 Å². The number of benzene rings is 1. The van der Waals surface area contributed by atoms with E-state index in [0.29, 0.717) is 24.9 Å². The molecular weight excluding hydrogens is 260 g/mol. The van der Waals surface area contributed by atoms with Crippen molar-refractivity contribution in [1.29, 1.82) is 0 Å². The Morgan fingerprint density at radius 2 is 2.10 bits per heavy atom. The molecule has 2 rings (SSSR count). The fourth-order valence-electron chi connectivity index (χ4n) is 2.44. The van der Waals surface area contributed by atoms with Gasteiger partial charge >= 0.3 is 5.69 Å². The highest BCUT2D eigenvalue weighted by atomic mass is 16.6. The Kier molecular flexibility index (Phi) is 3.92. The van der Waals surface area contributed by atoms with E-state index in [4.69, 9.17) is 0 Å². The van der Waals surface area contributed by atoms with Crippen molar-refractivity contribution in [2.45, 2.75) is 20.3 Å². The van der Waals surface area contributed by atoms with Crippen LogP contribution in [0.25, 0.3) is 0 Å². The van der Waals surface area contributed by atoms with E-state index < -0.39 is 10.7 Å². The first-order valence-corrected chi connectivity index (χ1v) is 6.67. The second-order valence-corrected chi connectivity index (χ2v) is 5.46. The maximum atomic E-state index is 12.3. The lowest BCUT2D eigenvalue weighted by atomic mass is 9.88. The molecule has 20 heavy (non-hydrogen) atoms. The Balaban J connectivity index is 2.17. The molecule has 1 amide bonds. The van der Waals surface area contributed by atoms with Crippen molar-refractivity contribution in [3.63, 3.8) is 0 Å². The minimum absolute atomic E-state index is 0.186. The van der Waals surface area contributed by atoms with Gasteiger partial charge < -0.3 is 10.0 Å². The zero-order chi connectivity index (χ0) is 14.9. The van der Waals surface area contributed by atoms with Crippen molar-refractivity contribution in [1.82, 2.24) is 4.90 Å². The molecule has 1 aliphatic heterocycles. The summed E-state index contributed by atoms with van der Waals surface area (Å²) in [6, 6.07) is 3.73. The summed E-state index contributed by atoms with van der Waals surface area (Å²) in [7, 11) is 0. The fourth-order valence-corrected chi connectivity index (χ4v) is 2.44. The number of hydrogen-bond donors (Lipinski definition) is 1. The van der Waals surface area contributed by atoms with Gasteiger partial charge in [-0.3, -0.25) is 14.9 Å². The number of piperidine rings is 1. The molecular formula is C14H18N2O4. The molecule has 0 spiro atoms. The number of phenols is 1. The predicted molar refractivity (Wildman–Crippen MR) is 73.6 cm³/mol. The van der Waals surface area contributed by atoms with Gasteiger partial charge in [-0.05, 0) is 30.4 Å². The smallest absolute Gasteiger partial charge is 0.310 e. The minimum Gasteiger partial charge on any atom is -0.502 e. The number of phenolic OH excluding ortho intramolecular Hbond substituents is 1. The van der Waals surface area contributed by atoms with Crippen molar-refractivity contribution in [2.75, 3.05) is 13.1 Å². The van der Waals surface area contributed by atoms with Gasteiger partial charge in [0.05, 0.1) is 4.92 Å². The molecule has 0 aromatic heterocycles. The van der Waals surface area contributed by atoms with E-state index in [-0.39, 0.29) is 17.2 Å². The highest BCUT2D eigenvalue weighted by Crippen LogP contribution is 2.28. The normalized spacial score (nSPS) is 22.6. The zero-order valence-corrected chi connectivity index (χ0v) is 11.6. The standard InChI is InChI=1S/C14H18N2O4/c1-9-5-6-15(8-10(9)2)14(18)11-3-4-12(16(19)20)13(17)7-11/h3-4,7,9-10,17H,5-6,8H2,1-2H3. The third kappa shape index (κ3) is 2.74. The third-order valence-electron chi connectivity index (χ3n) is 4.04. The van der Waals surface area contributed by atoms with E-state index in [0.717, 1.165) is 6.42 Å². The van der Waals surface area contributed by atoms with Crippen LogP contribution >= 0.6 is 0 Å². The van der Waals surface area contributed by atoms with Gasteiger partial charge in [0.25, 0.3) is 5.91 Å². The SMILES string of the molecule is CC1CCN(C(=O)c2ccc([N+](=O)[O-])c(O)c2)CC1C. The molecule has 1 saturated heterocycles. The van der Waals surface area contributed by atoms with Gasteiger partial charge in [0.15, 0.2) is 5.75 Å². The van der Waals surface area contributed by atoms with Gasteiger partial charge in [0, 0.05) is 24.7 Å². The molecule has 2 atom stereocenters. The monoisotopic (exact) mass is 278 g/mol. The predicted octanol–water partition coefficient (Wildman–Crippen LogP) is 2.42. The highest BCUT2D eigenvalue weighted by molar-refractivity contribution is 5.95. The lowest BCUT2D eigenvalue weighted by molar-refractivity contribution is -0.385. The van der Waals surface area contributed by atoms with E-state index in [9.17, 15) is 20.0 Å². The quantitative estimate of drug-likeness (QED) is 0.665. The van der Waals surface area contributed by atoms with Gasteiger partial charge in [-0.1, -0.05) is 13.8 Å². The third-order valence-corrected chi connectivity index (χ3v) is 4.04. The minimum atomic E-state index is -0.672. The Labute approximate surface area is 117 Å². The van der Waals surface area contributed by atoms with Crippen molar-refractivity contribution >= 4 is 11.6 Å². The molecule has 1 aliphatic rings. The Morgan fingerprint density at radius 3 is 2.65 bits per heavy atom. The summed E-state index contributed by atoms with van der Waals surface area (Å²) >= 11 is 0. The summed E-state index contributed by atoms with van der Waals surface area (Å²) in [4.78, 5) is 24.0. The Bertz CT molecular complexity index is 544. The molecule has 0 aliphatic carbocycles. The summed E-state index contributed by atoms with van der Waals surface area (Å²) < 4.78 is 0.